The average Bonchev–Trinajstić information content (AvgIpc) is 2.78. The number of nitrogens with zero attached hydrogens (tertiary/aromatic N) is 3. The minimum Gasteiger partial charge on any atom is -0.493 e. The molecule has 0 radical (unpaired) electrons. The summed E-state index contributed by atoms with van der Waals surface area (Å²) in [7, 11) is 1.57. The van der Waals surface area contributed by atoms with Gasteiger partial charge in [-0.25, -0.2) is 14.4 Å². The lowest BCUT2D eigenvalue weighted by molar-refractivity contribution is -0.157. The molecule has 174 valence electrons. The second kappa shape index (κ2) is 10.2. The summed E-state index contributed by atoms with van der Waals surface area (Å²) in [5.74, 6) is 0.925. The van der Waals surface area contributed by atoms with Crippen LogP contribution in [0.3, 0.4) is 0 Å². The maximum absolute atomic E-state index is 13.5. The highest BCUT2D eigenvalue weighted by molar-refractivity contribution is 6.31. The number of morpholine rings is 1. The molecular weight excluding hydrogens is 451 g/mol. The van der Waals surface area contributed by atoms with Gasteiger partial charge in [0.15, 0.2) is 11.5 Å². The molecule has 1 aliphatic rings. The van der Waals surface area contributed by atoms with Crippen molar-refractivity contribution in [3.8, 4) is 11.5 Å². The number of carbonyl (C=O) groups is 1. The van der Waals surface area contributed by atoms with Gasteiger partial charge >= 0.3 is 5.97 Å². The second-order valence-corrected chi connectivity index (χ2v) is 8.14. The number of cyclic esters (lactones) is 1. The zero-order chi connectivity index (χ0) is 23.4. The second-order valence-electron chi connectivity index (χ2n) is 7.73. The summed E-state index contributed by atoms with van der Waals surface area (Å²) in [4.78, 5) is 22.3. The van der Waals surface area contributed by atoms with Crippen LogP contribution in [0.25, 0.3) is 10.9 Å². The molecule has 1 saturated heterocycles. The maximum atomic E-state index is 13.5. The van der Waals surface area contributed by atoms with E-state index in [0.29, 0.717) is 53.6 Å². The summed E-state index contributed by atoms with van der Waals surface area (Å²) < 4.78 is 30.1. The first-order valence-corrected chi connectivity index (χ1v) is 10.9. The van der Waals surface area contributed by atoms with Crippen LogP contribution in [0.1, 0.15) is 13.3 Å². The van der Waals surface area contributed by atoms with E-state index in [2.05, 4.69) is 20.2 Å². The Balaban J connectivity index is 1.48. The minimum absolute atomic E-state index is 0.0143. The molecule has 1 N–H and O–H groups in total. The van der Waals surface area contributed by atoms with Crippen molar-refractivity contribution in [1.82, 2.24) is 14.9 Å². The summed E-state index contributed by atoms with van der Waals surface area (Å²) in [6.45, 7) is 4.05. The number of fused-ring (bicyclic) bond motifs is 1. The quantitative estimate of drug-likeness (QED) is 0.384. The van der Waals surface area contributed by atoms with E-state index < -0.39 is 5.82 Å². The van der Waals surface area contributed by atoms with Crippen LogP contribution in [0.5, 0.6) is 11.5 Å². The highest BCUT2D eigenvalue weighted by Gasteiger charge is 2.23. The van der Waals surface area contributed by atoms with Crippen LogP contribution in [0.15, 0.2) is 36.7 Å². The molecule has 10 heteroatoms. The van der Waals surface area contributed by atoms with Gasteiger partial charge in [-0.2, -0.15) is 0 Å². The fourth-order valence-electron chi connectivity index (χ4n) is 3.70. The van der Waals surface area contributed by atoms with E-state index >= 15 is 0 Å². The highest BCUT2D eigenvalue weighted by atomic mass is 35.5. The Bertz CT molecular complexity index is 1160. The number of carbonyl (C=O) groups excluding carboxylic acids is 1. The van der Waals surface area contributed by atoms with E-state index in [1.54, 1.807) is 19.2 Å². The zero-order valence-corrected chi connectivity index (χ0v) is 19.1. The van der Waals surface area contributed by atoms with E-state index in [1.807, 2.05) is 13.0 Å². The van der Waals surface area contributed by atoms with Crippen molar-refractivity contribution in [1.29, 1.82) is 0 Å². The molecule has 0 saturated carbocycles. The number of benzene rings is 2. The highest BCUT2D eigenvalue weighted by Crippen LogP contribution is 2.35. The van der Waals surface area contributed by atoms with Crippen LogP contribution in [-0.2, 0) is 9.53 Å². The first-order valence-electron chi connectivity index (χ1n) is 10.5. The molecule has 1 fully saturated rings. The van der Waals surface area contributed by atoms with E-state index in [0.717, 1.165) is 13.0 Å². The maximum Gasteiger partial charge on any atom is 0.320 e. The van der Waals surface area contributed by atoms with Crippen molar-refractivity contribution in [2.75, 3.05) is 38.7 Å². The molecule has 1 atom stereocenters. The monoisotopic (exact) mass is 474 g/mol. The SMILES string of the molecule is COc1cc2ncnc(Nc3ccc(F)c(Cl)c3)c2cc1OCCCN1CC(=O)O[C@H](C)C1. The number of anilines is 2. The van der Waals surface area contributed by atoms with Crippen LogP contribution in [0.2, 0.25) is 5.02 Å². The number of halogens is 2. The Hall–Kier alpha value is -3.17. The molecule has 2 aromatic carbocycles. The lowest BCUT2D eigenvalue weighted by Gasteiger charge is -2.30. The van der Waals surface area contributed by atoms with Gasteiger partial charge in [0.1, 0.15) is 24.1 Å². The summed E-state index contributed by atoms with van der Waals surface area (Å²) in [6.07, 6.45) is 2.06. The van der Waals surface area contributed by atoms with Crippen LogP contribution in [-0.4, -0.2) is 60.3 Å². The minimum atomic E-state index is -0.494. The van der Waals surface area contributed by atoms with Crippen LogP contribution < -0.4 is 14.8 Å². The number of hydrogen-bond donors (Lipinski definition) is 1. The van der Waals surface area contributed by atoms with Crippen molar-refractivity contribution in [2.24, 2.45) is 0 Å². The number of nitrogens with one attached hydrogen (secondary N) is 1. The Morgan fingerprint density at radius 2 is 2.12 bits per heavy atom. The van der Waals surface area contributed by atoms with E-state index in [1.165, 1.54) is 18.5 Å². The number of aromatic nitrogens is 2. The van der Waals surface area contributed by atoms with E-state index in [4.69, 9.17) is 25.8 Å². The summed E-state index contributed by atoms with van der Waals surface area (Å²) in [6, 6.07) is 7.93. The molecule has 8 nitrogen and oxygen atoms in total. The number of rotatable bonds is 8. The normalized spacial score (nSPS) is 16.5. The summed E-state index contributed by atoms with van der Waals surface area (Å²) >= 11 is 5.89. The number of esters is 1. The third kappa shape index (κ3) is 5.61. The number of methoxy groups -OCH3 is 1. The molecule has 0 bridgehead atoms. The van der Waals surface area contributed by atoms with Gasteiger partial charge in [0, 0.05) is 30.2 Å². The van der Waals surface area contributed by atoms with Gasteiger partial charge in [0.2, 0.25) is 0 Å². The molecule has 1 aromatic heterocycles. The Morgan fingerprint density at radius 3 is 2.88 bits per heavy atom. The third-order valence-corrected chi connectivity index (χ3v) is 5.47. The number of ether oxygens (including phenoxy) is 3. The fraction of sp³-hybridized carbons (Fsp3) is 0.348. The van der Waals surface area contributed by atoms with Crippen molar-refractivity contribution in [3.63, 3.8) is 0 Å². The smallest absolute Gasteiger partial charge is 0.320 e. The first kappa shape index (κ1) is 23.0. The van der Waals surface area contributed by atoms with Gasteiger partial charge in [-0.15, -0.1) is 0 Å². The molecule has 0 amide bonds. The summed E-state index contributed by atoms with van der Waals surface area (Å²) in [5.41, 5.74) is 1.25. The zero-order valence-electron chi connectivity index (χ0n) is 18.3. The van der Waals surface area contributed by atoms with Gasteiger partial charge in [-0.05, 0) is 37.6 Å². The van der Waals surface area contributed by atoms with Crippen molar-refractivity contribution < 1.29 is 23.4 Å². The molecule has 4 rings (SSSR count). The molecule has 2 heterocycles. The van der Waals surface area contributed by atoms with Gasteiger partial charge in [0.05, 0.1) is 30.8 Å². The van der Waals surface area contributed by atoms with Crippen molar-refractivity contribution >= 4 is 40.0 Å². The van der Waals surface area contributed by atoms with E-state index in [9.17, 15) is 9.18 Å². The van der Waals surface area contributed by atoms with Gasteiger partial charge in [-0.3, -0.25) is 9.69 Å². The average molecular weight is 475 g/mol. The lowest BCUT2D eigenvalue weighted by Crippen LogP contribution is -2.44. The molecule has 0 unspecified atom stereocenters. The standard InChI is InChI=1S/C23H24ClFN4O4/c1-14-11-29(12-22(30)33-14)6-3-7-32-21-9-16-19(10-20(21)31-2)26-13-27-23(16)28-15-4-5-18(25)17(24)8-15/h4-5,8-10,13-14H,3,6-7,11-12H2,1-2H3,(H,26,27,28)/t14-/m1/s1. The molecule has 1 aliphatic heterocycles. The van der Waals surface area contributed by atoms with Crippen LogP contribution in [0.4, 0.5) is 15.9 Å². The molecule has 0 aliphatic carbocycles. The van der Waals surface area contributed by atoms with Gasteiger partial charge < -0.3 is 19.5 Å². The molecular formula is C23H24ClFN4O4. The van der Waals surface area contributed by atoms with E-state index in [-0.39, 0.29) is 17.1 Å². The Kier molecular flexibility index (Phi) is 7.10. The predicted molar refractivity (Wildman–Crippen MR) is 123 cm³/mol. The third-order valence-electron chi connectivity index (χ3n) is 5.18. The Morgan fingerprint density at radius 1 is 1.27 bits per heavy atom. The molecule has 0 spiro atoms. The van der Waals surface area contributed by atoms with Crippen LogP contribution in [0, 0.1) is 5.82 Å². The largest absolute Gasteiger partial charge is 0.493 e. The number of hydrogen-bond acceptors (Lipinski definition) is 8. The van der Waals surface area contributed by atoms with Crippen molar-refractivity contribution in [3.05, 3.63) is 47.5 Å². The van der Waals surface area contributed by atoms with Gasteiger partial charge in [0.25, 0.3) is 0 Å². The molecule has 3 aromatic rings. The first-order chi connectivity index (χ1) is 15.9. The fourth-order valence-corrected chi connectivity index (χ4v) is 3.88. The summed E-state index contributed by atoms with van der Waals surface area (Å²) in [5, 5.41) is 3.87. The van der Waals surface area contributed by atoms with Crippen molar-refractivity contribution in [2.45, 2.75) is 19.4 Å². The topological polar surface area (TPSA) is 85.8 Å². The predicted octanol–water partition coefficient (Wildman–Crippen LogP) is 4.19. The lowest BCUT2D eigenvalue weighted by atomic mass is 10.2. The molecule has 33 heavy (non-hydrogen) atoms. The van der Waals surface area contributed by atoms with Crippen LogP contribution >= 0.6 is 11.6 Å². The van der Waals surface area contributed by atoms with Gasteiger partial charge in [-0.1, -0.05) is 11.6 Å². The Labute approximate surface area is 195 Å².